The predicted molar refractivity (Wildman–Crippen MR) is 138 cm³/mol. The number of aryl methyl sites for hydroxylation is 3. The summed E-state index contributed by atoms with van der Waals surface area (Å²) in [6.07, 6.45) is 0. The maximum atomic E-state index is 13.2. The third-order valence-corrected chi connectivity index (χ3v) is 7.13. The first-order chi connectivity index (χ1) is 16.2. The first-order valence-corrected chi connectivity index (χ1v) is 12.4. The van der Waals surface area contributed by atoms with Crippen molar-refractivity contribution in [1.82, 2.24) is 0 Å². The molecule has 0 heterocycles. The Morgan fingerprint density at radius 1 is 0.706 bits per heavy atom. The van der Waals surface area contributed by atoms with Crippen molar-refractivity contribution in [1.29, 1.82) is 0 Å². The van der Waals surface area contributed by atoms with E-state index in [1.807, 2.05) is 80.6 Å². The lowest BCUT2D eigenvalue weighted by molar-refractivity contribution is 0.102. The van der Waals surface area contributed by atoms with Crippen molar-refractivity contribution in [3.05, 3.63) is 113 Å². The van der Waals surface area contributed by atoms with Gasteiger partial charge in [0.1, 0.15) is 0 Å². The molecule has 6 heteroatoms. The Morgan fingerprint density at radius 3 is 2.15 bits per heavy atom. The maximum absolute atomic E-state index is 13.2. The van der Waals surface area contributed by atoms with Crippen molar-refractivity contribution < 1.29 is 13.2 Å². The fourth-order valence-corrected chi connectivity index (χ4v) is 5.22. The van der Waals surface area contributed by atoms with E-state index in [4.69, 9.17) is 0 Å². The molecule has 5 nitrogen and oxygen atoms in total. The van der Waals surface area contributed by atoms with Crippen molar-refractivity contribution in [2.45, 2.75) is 25.7 Å². The van der Waals surface area contributed by atoms with Gasteiger partial charge in [-0.3, -0.25) is 9.52 Å². The molecule has 4 rings (SSSR count). The molecule has 0 fully saturated rings. The van der Waals surface area contributed by atoms with Gasteiger partial charge in [0, 0.05) is 16.8 Å². The van der Waals surface area contributed by atoms with Gasteiger partial charge >= 0.3 is 0 Å². The van der Waals surface area contributed by atoms with Crippen LogP contribution >= 0.6 is 0 Å². The number of hydrogen-bond donors (Lipinski definition) is 2. The van der Waals surface area contributed by atoms with Gasteiger partial charge in [-0.2, -0.15) is 0 Å². The summed E-state index contributed by atoms with van der Waals surface area (Å²) in [5.41, 5.74) is 5.71. The number of para-hydroxylation sites is 1. The summed E-state index contributed by atoms with van der Waals surface area (Å²) < 4.78 is 29.0. The predicted octanol–water partition coefficient (Wildman–Crippen LogP) is 6.33. The Morgan fingerprint density at radius 2 is 1.41 bits per heavy atom. The monoisotopic (exact) mass is 470 g/mol. The lowest BCUT2D eigenvalue weighted by Gasteiger charge is -2.15. The minimum Gasteiger partial charge on any atom is -0.321 e. The fraction of sp³-hybridized carbons (Fsp3) is 0.107. The number of anilines is 2. The quantitative estimate of drug-likeness (QED) is 0.346. The van der Waals surface area contributed by atoms with Crippen LogP contribution in [-0.4, -0.2) is 14.3 Å². The van der Waals surface area contributed by atoms with E-state index in [0.29, 0.717) is 16.9 Å². The molecule has 0 aromatic heterocycles. The van der Waals surface area contributed by atoms with Gasteiger partial charge in [-0.25, -0.2) is 8.42 Å². The Labute approximate surface area is 200 Å². The zero-order valence-electron chi connectivity index (χ0n) is 19.3. The number of benzene rings is 4. The molecule has 0 aliphatic rings. The zero-order chi connectivity index (χ0) is 24.3. The number of rotatable bonds is 6. The van der Waals surface area contributed by atoms with E-state index in [-0.39, 0.29) is 16.4 Å². The van der Waals surface area contributed by atoms with Crippen molar-refractivity contribution in [2.24, 2.45) is 0 Å². The van der Waals surface area contributed by atoms with Crippen molar-refractivity contribution >= 4 is 27.3 Å². The van der Waals surface area contributed by atoms with Crippen LogP contribution in [0.3, 0.4) is 0 Å². The summed E-state index contributed by atoms with van der Waals surface area (Å²) in [4.78, 5) is 13.2. The summed E-state index contributed by atoms with van der Waals surface area (Å²) in [7, 11) is -3.89. The Kier molecular flexibility index (Phi) is 6.52. The molecule has 0 saturated carbocycles. The molecule has 34 heavy (non-hydrogen) atoms. The molecule has 0 unspecified atom stereocenters. The number of hydrogen-bond acceptors (Lipinski definition) is 3. The Balaban J connectivity index is 1.63. The van der Waals surface area contributed by atoms with Crippen molar-refractivity contribution in [2.75, 3.05) is 10.0 Å². The SMILES string of the molecule is Cc1ccc(NS(=O)(=O)c2cc(C(=O)Nc3ccccc3-c3ccccc3)ccc2C)c(C)c1. The van der Waals surface area contributed by atoms with Gasteiger partial charge in [-0.15, -0.1) is 0 Å². The van der Waals surface area contributed by atoms with Crippen molar-refractivity contribution in [3.63, 3.8) is 0 Å². The first-order valence-electron chi connectivity index (χ1n) is 10.9. The molecule has 172 valence electrons. The molecule has 0 radical (unpaired) electrons. The molecule has 0 spiro atoms. The molecule has 1 amide bonds. The molecule has 0 bridgehead atoms. The first kappa shape index (κ1) is 23.3. The number of carbonyl (C=O) groups is 1. The highest BCUT2D eigenvalue weighted by atomic mass is 32.2. The molecule has 0 aliphatic heterocycles. The largest absolute Gasteiger partial charge is 0.321 e. The summed E-state index contributed by atoms with van der Waals surface area (Å²) in [6.45, 7) is 5.52. The molecule has 4 aromatic rings. The van der Waals surface area contributed by atoms with Crippen LogP contribution in [0.5, 0.6) is 0 Å². The van der Waals surface area contributed by atoms with E-state index in [9.17, 15) is 13.2 Å². The summed E-state index contributed by atoms with van der Waals surface area (Å²) >= 11 is 0. The number of carbonyl (C=O) groups excluding carboxylic acids is 1. The maximum Gasteiger partial charge on any atom is 0.262 e. The third kappa shape index (κ3) is 5.02. The van der Waals surface area contributed by atoms with E-state index in [2.05, 4.69) is 10.0 Å². The Hall–Kier alpha value is -3.90. The van der Waals surface area contributed by atoms with Crippen LogP contribution in [-0.2, 0) is 10.0 Å². The molecule has 2 N–H and O–H groups in total. The number of sulfonamides is 1. The van der Waals surface area contributed by atoms with E-state index >= 15 is 0 Å². The molecule has 0 atom stereocenters. The van der Waals surface area contributed by atoms with E-state index in [1.54, 1.807) is 25.1 Å². The summed E-state index contributed by atoms with van der Waals surface area (Å²) in [5.74, 6) is -0.383. The normalized spacial score (nSPS) is 11.1. The average Bonchev–Trinajstić information content (AvgIpc) is 2.82. The molecular formula is C28H26N2O3S. The van der Waals surface area contributed by atoms with Gasteiger partial charge in [-0.1, -0.05) is 72.3 Å². The van der Waals surface area contributed by atoms with Crippen LogP contribution in [0.4, 0.5) is 11.4 Å². The minimum atomic E-state index is -3.89. The molecular weight excluding hydrogens is 444 g/mol. The number of amides is 1. The third-order valence-electron chi connectivity index (χ3n) is 5.63. The van der Waals surface area contributed by atoms with Crippen LogP contribution in [0.25, 0.3) is 11.1 Å². The van der Waals surface area contributed by atoms with E-state index in [0.717, 1.165) is 22.3 Å². The van der Waals surface area contributed by atoms with Gasteiger partial charge in [0.25, 0.3) is 15.9 Å². The van der Waals surface area contributed by atoms with E-state index in [1.165, 1.54) is 6.07 Å². The second kappa shape index (κ2) is 9.53. The van der Waals surface area contributed by atoms with Gasteiger partial charge in [0.15, 0.2) is 0 Å². The lowest BCUT2D eigenvalue weighted by atomic mass is 10.0. The van der Waals surface area contributed by atoms with Crippen LogP contribution in [0, 0.1) is 20.8 Å². The van der Waals surface area contributed by atoms with Crippen LogP contribution in [0.15, 0.2) is 95.9 Å². The molecule has 0 aliphatic carbocycles. The second-order valence-corrected chi connectivity index (χ2v) is 9.92. The fourth-order valence-electron chi connectivity index (χ4n) is 3.81. The Bertz CT molecular complexity index is 1460. The topological polar surface area (TPSA) is 75.3 Å². The lowest BCUT2D eigenvalue weighted by Crippen LogP contribution is -2.17. The minimum absolute atomic E-state index is 0.0662. The standard InChI is InChI=1S/C28H26N2O3S/c1-19-13-16-25(21(3)17-19)30-34(32,33)27-18-23(15-14-20(27)2)28(31)29-26-12-8-7-11-24(26)22-9-5-4-6-10-22/h4-18,30H,1-3H3,(H,29,31). The van der Waals surface area contributed by atoms with Crippen LogP contribution in [0.2, 0.25) is 0 Å². The molecule has 4 aromatic carbocycles. The highest BCUT2D eigenvalue weighted by Crippen LogP contribution is 2.29. The van der Waals surface area contributed by atoms with Gasteiger partial charge < -0.3 is 5.32 Å². The van der Waals surface area contributed by atoms with Gasteiger partial charge in [0.2, 0.25) is 0 Å². The summed E-state index contributed by atoms with van der Waals surface area (Å²) in [5, 5.41) is 2.93. The highest BCUT2D eigenvalue weighted by molar-refractivity contribution is 7.92. The van der Waals surface area contributed by atoms with Gasteiger partial charge in [-0.05, 0) is 61.7 Å². The van der Waals surface area contributed by atoms with Crippen molar-refractivity contribution in [3.8, 4) is 11.1 Å². The zero-order valence-corrected chi connectivity index (χ0v) is 20.1. The number of nitrogens with one attached hydrogen (secondary N) is 2. The van der Waals surface area contributed by atoms with E-state index < -0.39 is 10.0 Å². The van der Waals surface area contributed by atoms with Crippen LogP contribution < -0.4 is 10.0 Å². The smallest absolute Gasteiger partial charge is 0.262 e. The van der Waals surface area contributed by atoms with Crippen LogP contribution in [0.1, 0.15) is 27.0 Å². The van der Waals surface area contributed by atoms with Gasteiger partial charge in [0.05, 0.1) is 10.6 Å². The summed E-state index contributed by atoms with van der Waals surface area (Å²) in [6, 6.07) is 27.5. The average molecular weight is 471 g/mol. The molecule has 0 saturated heterocycles. The highest BCUT2D eigenvalue weighted by Gasteiger charge is 2.20. The second-order valence-electron chi connectivity index (χ2n) is 8.27.